The van der Waals surface area contributed by atoms with Crippen molar-refractivity contribution in [3.05, 3.63) is 0 Å². The van der Waals surface area contributed by atoms with Crippen molar-refractivity contribution in [2.24, 2.45) is 22.9 Å². The van der Waals surface area contributed by atoms with E-state index in [1.165, 1.54) is 25.7 Å². The van der Waals surface area contributed by atoms with Crippen LogP contribution in [0.1, 0.15) is 39.5 Å². The van der Waals surface area contributed by atoms with Crippen molar-refractivity contribution in [2.45, 2.75) is 45.4 Å². The Morgan fingerprint density at radius 3 is 1.09 bits per heavy atom. The summed E-state index contributed by atoms with van der Waals surface area (Å²) < 4.78 is 0. The fourth-order valence-electron chi connectivity index (χ4n) is 0.500. The second-order valence-electron chi connectivity index (χ2n) is 2.71. The predicted octanol–water partition coefficient (Wildman–Crippen LogP) is 0.0191. The third-order valence-electron chi connectivity index (χ3n) is 0.957. The van der Waals surface area contributed by atoms with Crippen LogP contribution in [0.2, 0.25) is 0 Å². The first kappa shape index (κ1) is 13.4. The van der Waals surface area contributed by atoms with E-state index < -0.39 is 5.91 Å². The summed E-state index contributed by atoms with van der Waals surface area (Å²) in [4.78, 5) is 0. The summed E-state index contributed by atoms with van der Waals surface area (Å²) >= 11 is 0. The first-order chi connectivity index (χ1) is 4.91. The average molecular weight is 162 g/mol. The first-order valence-electron chi connectivity index (χ1n) is 4.07. The van der Waals surface area contributed by atoms with Crippen molar-refractivity contribution >= 4 is 0 Å². The predicted molar refractivity (Wildman–Crippen MR) is 49.3 cm³/mol. The maximum Gasteiger partial charge on any atom is 0.171 e. The SMILES string of the molecule is CCCCCC.NC(N)(N)N. The zero-order chi connectivity index (χ0) is 9.33. The van der Waals surface area contributed by atoms with Gasteiger partial charge in [-0.15, -0.1) is 0 Å². The largest absolute Gasteiger partial charge is 0.288 e. The van der Waals surface area contributed by atoms with Crippen molar-refractivity contribution in [3.8, 4) is 0 Å². The Morgan fingerprint density at radius 2 is 1.00 bits per heavy atom. The Balaban J connectivity index is 0. The van der Waals surface area contributed by atoms with Crippen molar-refractivity contribution in [1.29, 1.82) is 0 Å². The molecule has 4 nitrogen and oxygen atoms in total. The second-order valence-corrected chi connectivity index (χ2v) is 2.71. The molecule has 0 saturated carbocycles. The molecule has 0 spiro atoms. The molecule has 0 aromatic carbocycles. The molecule has 0 atom stereocenters. The van der Waals surface area contributed by atoms with Gasteiger partial charge in [0.15, 0.2) is 5.91 Å². The van der Waals surface area contributed by atoms with E-state index >= 15 is 0 Å². The fraction of sp³-hybridized carbons (Fsp3) is 1.00. The topological polar surface area (TPSA) is 104 Å². The van der Waals surface area contributed by atoms with E-state index in [1.807, 2.05) is 0 Å². The van der Waals surface area contributed by atoms with E-state index in [1.54, 1.807) is 0 Å². The van der Waals surface area contributed by atoms with Crippen molar-refractivity contribution in [1.82, 2.24) is 0 Å². The minimum Gasteiger partial charge on any atom is -0.288 e. The van der Waals surface area contributed by atoms with Crippen LogP contribution in [-0.2, 0) is 0 Å². The minimum atomic E-state index is -1.50. The molecule has 11 heavy (non-hydrogen) atoms. The van der Waals surface area contributed by atoms with Gasteiger partial charge < -0.3 is 0 Å². The summed E-state index contributed by atoms with van der Waals surface area (Å²) in [6.45, 7) is 4.46. The molecule has 0 aliphatic rings. The quantitative estimate of drug-likeness (QED) is 0.347. The summed E-state index contributed by atoms with van der Waals surface area (Å²) in [7, 11) is 0. The molecular formula is C7H22N4. The van der Waals surface area contributed by atoms with Gasteiger partial charge in [0.2, 0.25) is 0 Å². The monoisotopic (exact) mass is 162 g/mol. The molecule has 70 valence electrons. The number of unbranched alkanes of at least 4 members (excludes halogenated alkanes) is 3. The molecule has 0 fully saturated rings. The van der Waals surface area contributed by atoms with Gasteiger partial charge in [-0.1, -0.05) is 39.5 Å². The van der Waals surface area contributed by atoms with Gasteiger partial charge in [0, 0.05) is 0 Å². The molecular weight excluding hydrogens is 140 g/mol. The van der Waals surface area contributed by atoms with Gasteiger partial charge >= 0.3 is 0 Å². The molecule has 0 radical (unpaired) electrons. The molecule has 0 saturated heterocycles. The van der Waals surface area contributed by atoms with Crippen LogP contribution in [0.5, 0.6) is 0 Å². The van der Waals surface area contributed by atoms with Gasteiger partial charge in [-0.3, -0.25) is 22.9 Å². The smallest absolute Gasteiger partial charge is 0.171 e. The highest BCUT2D eigenvalue weighted by molar-refractivity contribution is 4.51. The maximum absolute atomic E-state index is 4.69. The molecule has 4 heteroatoms. The lowest BCUT2D eigenvalue weighted by atomic mass is 10.2. The van der Waals surface area contributed by atoms with E-state index in [-0.39, 0.29) is 0 Å². The minimum absolute atomic E-state index is 1.36. The summed E-state index contributed by atoms with van der Waals surface area (Å²) in [6.07, 6.45) is 5.54. The van der Waals surface area contributed by atoms with Crippen LogP contribution < -0.4 is 22.9 Å². The van der Waals surface area contributed by atoms with Crippen LogP contribution in [0.3, 0.4) is 0 Å². The molecule has 0 unspecified atom stereocenters. The van der Waals surface area contributed by atoms with Gasteiger partial charge in [0.25, 0.3) is 0 Å². The van der Waals surface area contributed by atoms with Crippen LogP contribution in [-0.4, -0.2) is 5.91 Å². The second kappa shape index (κ2) is 7.94. The Kier molecular flexibility index (Phi) is 9.70. The van der Waals surface area contributed by atoms with Gasteiger partial charge in [-0.05, 0) is 0 Å². The molecule has 0 bridgehead atoms. The Morgan fingerprint density at radius 1 is 0.818 bits per heavy atom. The lowest BCUT2D eigenvalue weighted by molar-refractivity contribution is 0.484. The van der Waals surface area contributed by atoms with E-state index in [0.29, 0.717) is 0 Å². The van der Waals surface area contributed by atoms with Crippen LogP contribution in [0.4, 0.5) is 0 Å². The van der Waals surface area contributed by atoms with Crippen molar-refractivity contribution < 1.29 is 0 Å². The number of hydrogen-bond donors (Lipinski definition) is 4. The van der Waals surface area contributed by atoms with Crippen molar-refractivity contribution in [2.75, 3.05) is 0 Å². The van der Waals surface area contributed by atoms with Crippen molar-refractivity contribution in [3.63, 3.8) is 0 Å². The highest BCUT2D eigenvalue weighted by atomic mass is 15.2. The Hall–Kier alpha value is -0.160. The lowest BCUT2D eigenvalue weighted by Gasteiger charge is -2.07. The molecule has 0 rings (SSSR count). The van der Waals surface area contributed by atoms with Crippen LogP contribution in [0.25, 0.3) is 0 Å². The first-order valence-corrected chi connectivity index (χ1v) is 4.07. The Labute approximate surface area is 69.3 Å². The third kappa shape index (κ3) is 75.0. The molecule has 0 amide bonds. The molecule has 8 N–H and O–H groups in total. The summed E-state index contributed by atoms with van der Waals surface area (Å²) in [5.74, 6) is -1.50. The molecule has 0 aliphatic heterocycles. The van der Waals surface area contributed by atoms with Crippen LogP contribution >= 0.6 is 0 Å². The summed E-state index contributed by atoms with van der Waals surface area (Å²) in [5, 5.41) is 0. The third-order valence-corrected chi connectivity index (χ3v) is 0.957. The normalized spacial score (nSPS) is 10.4. The Bertz CT molecular complexity index is 57.3. The zero-order valence-electron chi connectivity index (χ0n) is 7.64. The summed E-state index contributed by atoms with van der Waals surface area (Å²) in [6, 6.07) is 0. The van der Waals surface area contributed by atoms with Crippen LogP contribution in [0, 0.1) is 0 Å². The fourth-order valence-corrected chi connectivity index (χ4v) is 0.500. The van der Waals surface area contributed by atoms with Gasteiger partial charge in [0.1, 0.15) is 0 Å². The van der Waals surface area contributed by atoms with Gasteiger partial charge in [0.05, 0.1) is 0 Å². The van der Waals surface area contributed by atoms with E-state index in [4.69, 9.17) is 0 Å². The zero-order valence-corrected chi connectivity index (χ0v) is 7.64. The molecule has 0 aliphatic carbocycles. The highest BCUT2D eigenvalue weighted by Gasteiger charge is 1.96. The van der Waals surface area contributed by atoms with Gasteiger partial charge in [-0.25, -0.2) is 0 Å². The standard InChI is InChI=1S/C6H14.CH8N4/c1-3-5-6-4-2;2-1(3,4)5/h3-6H2,1-2H3;2-5H2. The van der Waals surface area contributed by atoms with E-state index in [2.05, 4.69) is 36.8 Å². The van der Waals surface area contributed by atoms with E-state index in [9.17, 15) is 0 Å². The van der Waals surface area contributed by atoms with Crippen LogP contribution in [0.15, 0.2) is 0 Å². The molecule has 0 aromatic rings. The average Bonchev–Trinajstić information content (AvgIpc) is 1.79. The number of rotatable bonds is 3. The lowest BCUT2D eigenvalue weighted by Crippen LogP contribution is -2.65. The summed E-state index contributed by atoms with van der Waals surface area (Å²) in [5.41, 5.74) is 18.8. The molecule has 0 heterocycles. The molecule has 0 aromatic heterocycles. The van der Waals surface area contributed by atoms with Gasteiger partial charge in [-0.2, -0.15) is 0 Å². The highest BCUT2D eigenvalue weighted by Crippen LogP contribution is 1.95. The number of nitrogens with two attached hydrogens (primary N) is 4. The number of hydrogen-bond acceptors (Lipinski definition) is 4. The maximum atomic E-state index is 4.69. The van der Waals surface area contributed by atoms with E-state index in [0.717, 1.165) is 0 Å².